The summed E-state index contributed by atoms with van der Waals surface area (Å²) in [5.74, 6) is -0.117. The van der Waals surface area contributed by atoms with Crippen LogP contribution in [0.4, 0.5) is 0 Å². The molecule has 0 radical (unpaired) electrons. The fourth-order valence-electron chi connectivity index (χ4n) is 1.52. The molecule has 0 aromatic carbocycles. The van der Waals surface area contributed by atoms with Gasteiger partial charge in [-0.05, 0) is 46.1 Å². The van der Waals surface area contributed by atoms with E-state index in [9.17, 15) is 4.79 Å². The summed E-state index contributed by atoms with van der Waals surface area (Å²) in [6.45, 7) is 8.53. The van der Waals surface area contributed by atoms with Crippen molar-refractivity contribution < 1.29 is 9.53 Å². The van der Waals surface area contributed by atoms with Crippen LogP contribution in [-0.2, 0) is 16.1 Å². The van der Waals surface area contributed by atoms with Gasteiger partial charge >= 0.3 is 5.97 Å². The molecule has 0 atom stereocenters. The van der Waals surface area contributed by atoms with Crippen molar-refractivity contribution in [3.8, 4) is 0 Å². The Balaban J connectivity index is 2.14. The summed E-state index contributed by atoms with van der Waals surface area (Å²) < 4.78 is 7.14. The molecule has 4 nitrogen and oxygen atoms in total. The number of carbonyl (C=O) groups excluding carboxylic acids is 1. The third-order valence-corrected chi connectivity index (χ3v) is 2.20. The van der Waals surface area contributed by atoms with E-state index in [-0.39, 0.29) is 11.6 Å². The van der Waals surface area contributed by atoms with Crippen LogP contribution in [0.1, 0.15) is 45.6 Å². The molecule has 0 saturated carbocycles. The van der Waals surface area contributed by atoms with Crippen LogP contribution >= 0.6 is 0 Å². The lowest BCUT2D eigenvalue weighted by molar-refractivity contribution is -0.154. The van der Waals surface area contributed by atoms with Crippen LogP contribution in [0.2, 0.25) is 0 Å². The Labute approximate surface area is 103 Å². The van der Waals surface area contributed by atoms with Gasteiger partial charge in [0.2, 0.25) is 0 Å². The summed E-state index contributed by atoms with van der Waals surface area (Å²) in [5.41, 5.74) is 0.785. The first kappa shape index (κ1) is 13.7. The highest BCUT2D eigenvalue weighted by Gasteiger charge is 2.15. The molecule has 0 fully saturated rings. The van der Waals surface area contributed by atoms with Crippen molar-refractivity contribution in [3.05, 3.63) is 18.0 Å². The molecule has 0 spiro atoms. The summed E-state index contributed by atoms with van der Waals surface area (Å²) in [5, 5.41) is 4.19. The number of hydrogen-bond donors (Lipinski definition) is 0. The van der Waals surface area contributed by atoms with Crippen molar-refractivity contribution in [3.63, 3.8) is 0 Å². The smallest absolute Gasteiger partial charge is 0.306 e. The van der Waals surface area contributed by atoms with E-state index >= 15 is 0 Å². The first-order chi connectivity index (χ1) is 7.87. The Morgan fingerprint density at radius 2 is 2.12 bits per heavy atom. The normalized spacial score (nSPS) is 11.5. The number of hydrogen-bond acceptors (Lipinski definition) is 3. The predicted molar refractivity (Wildman–Crippen MR) is 66.7 cm³/mol. The van der Waals surface area contributed by atoms with Crippen molar-refractivity contribution >= 4 is 5.97 Å². The molecule has 0 aliphatic carbocycles. The molecule has 0 unspecified atom stereocenters. The topological polar surface area (TPSA) is 44.1 Å². The van der Waals surface area contributed by atoms with Gasteiger partial charge < -0.3 is 4.74 Å². The summed E-state index contributed by atoms with van der Waals surface area (Å²) in [7, 11) is 0. The van der Waals surface area contributed by atoms with Crippen molar-refractivity contribution in [2.75, 3.05) is 0 Å². The summed E-state index contributed by atoms with van der Waals surface area (Å²) in [4.78, 5) is 11.4. The number of unbranched alkanes of at least 4 members (excludes halogenated alkanes) is 1. The lowest BCUT2D eigenvalue weighted by Gasteiger charge is -2.19. The van der Waals surface area contributed by atoms with Crippen molar-refractivity contribution in [1.29, 1.82) is 0 Å². The van der Waals surface area contributed by atoms with E-state index in [1.165, 1.54) is 0 Å². The first-order valence-corrected chi connectivity index (χ1v) is 6.08. The predicted octanol–water partition coefficient (Wildman–Crippen LogP) is 2.70. The van der Waals surface area contributed by atoms with Crippen LogP contribution in [0, 0.1) is 6.92 Å². The number of rotatable bonds is 5. The monoisotopic (exact) mass is 238 g/mol. The van der Waals surface area contributed by atoms with Gasteiger partial charge in [0.25, 0.3) is 0 Å². The van der Waals surface area contributed by atoms with E-state index < -0.39 is 0 Å². The Kier molecular flexibility index (Phi) is 4.73. The van der Waals surface area contributed by atoms with E-state index in [0.29, 0.717) is 6.42 Å². The second-order valence-electron chi connectivity index (χ2n) is 5.32. The molecule has 1 rings (SSSR count). The van der Waals surface area contributed by atoms with Gasteiger partial charge in [-0.25, -0.2) is 0 Å². The minimum absolute atomic E-state index is 0.117. The van der Waals surface area contributed by atoms with Gasteiger partial charge in [0.05, 0.1) is 6.20 Å². The summed E-state index contributed by atoms with van der Waals surface area (Å²) in [6.07, 6.45) is 6.12. The largest absolute Gasteiger partial charge is 0.460 e. The molecule has 1 heterocycles. The average molecular weight is 238 g/mol. The van der Waals surface area contributed by atoms with Gasteiger partial charge in [-0.2, -0.15) is 5.10 Å². The molecule has 0 saturated heterocycles. The SMILES string of the molecule is Cc1cnn(CCCCC(=O)OC(C)(C)C)c1. The number of carbonyl (C=O) groups is 1. The maximum atomic E-state index is 11.4. The molecule has 0 aliphatic heterocycles. The van der Waals surface area contributed by atoms with Crippen LogP contribution in [0.15, 0.2) is 12.4 Å². The molecule has 0 bridgehead atoms. The third kappa shape index (κ3) is 6.09. The molecule has 0 aliphatic rings. The molecule has 0 N–H and O–H groups in total. The number of esters is 1. The van der Waals surface area contributed by atoms with E-state index in [1.54, 1.807) is 0 Å². The molecule has 1 aromatic rings. The van der Waals surface area contributed by atoms with Crippen LogP contribution < -0.4 is 0 Å². The van der Waals surface area contributed by atoms with E-state index in [0.717, 1.165) is 24.9 Å². The van der Waals surface area contributed by atoms with Gasteiger partial charge in [-0.3, -0.25) is 9.48 Å². The molecular weight excluding hydrogens is 216 g/mol. The van der Waals surface area contributed by atoms with Gasteiger partial charge in [0, 0.05) is 19.2 Å². The lowest BCUT2D eigenvalue weighted by Crippen LogP contribution is -2.23. The molecular formula is C13H22N2O2. The highest BCUT2D eigenvalue weighted by Crippen LogP contribution is 2.10. The number of aromatic nitrogens is 2. The molecule has 0 amide bonds. The number of nitrogens with zero attached hydrogens (tertiary/aromatic N) is 2. The molecule has 4 heteroatoms. The summed E-state index contributed by atoms with van der Waals surface area (Å²) in [6, 6.07) is 0. The zero-order chi connectivity index (χ0) is 12.9. The zero-order valence-corrected chi connectivity index (χ0v) is 11.2. The Morgan fingerprint density at radius 1 is 1.41 bits per heavy atom. The van der Waals surface area contributed by atoms with Crippen molar-refractivity contribution in [2.45, 2.75) is 59.1 Å². The quantitative estimate of drug-likeness (QED) is 0.585. The Hall–Kier alpha value is -1.32. The van der Waals surface area contributed by atoms with Crippen LogP contribution in [0.3, 0.4) is 0 Å². The second-order valence-corrected chi connectivity index (χ2v) is 5.32. The average Bonchev–Trinajstić information content (AvgIpc) is 2.56. The Bertz CT molecular complexity index is 364. The van der Waals surface area contributed by atoms with Crippen molar-refractivity contribution in [2.24, 2.45) is 0 Å². The second kappa shape index (κ2) is 5.84. The van der Waals surface area contributed by atoms with E-state index in [4.69, 9.17) is 4.74 Å². The van der Waals surface area contributed by atoms with E-state index in [2.05, 4.69) is 5.10 Å². The van der Waals surface area contributed by atoms with E-state index in [1.807, 2.05) is 44.8 Å². The van der Waals surface area contributed by atoms with Crippen LogP contribution in [0.5, 0.6) is 0 Å². The molecule has 1 aromatic heterocycles. The maximum Gasteiger partial charge on any atom is 0.306 e. The van der Waals surface area contributed by atoms with Gasteiger partial charge in [-0.15, -0.1) is 0 Å². The van der Waals surface area contributed by atoms with Gasteiger partial charge in [0.1, 0.15) is 5.60 Å². The minimum Gasteiger partial charge on any atom is -0.460 e. The highest BCUT2D eigenvalue weighted by molar-refractivity contribution is 5.69. The lowest BCUT2D eigenvalue weighted by atomic mass is 10.2. The number of aryl methyl sites for hydroxylation is 2. The van der Waals surface area contributed by atoms with Gasteiger partial charge in [0.15, 0.2) is 0 Å². The Morgan fingerprint density at radius 3 is 2.65 bits per heavy atom. The standard InChI is InChI=1S/C13H22N2O2/c1-11-9-14-15(10-11)8-6-5-7-12(16)17-13(2,3)4/h9-10H,5-8H2,1-4H3. The van der Waals surface area contributed by atoms with Crippen molar-refractivity contribution in [1.82, 2.24) is 9.78 Å². The fraction of sp³-hybridized carbons (Fsp3) is 0.692. The highest BCUT2D eigenvalue weighted by atomic mass is 16.6. The minimum atomic E-state index is -0.379. The zero-order valence-electron chi connectivity index (χ0n) is 11.2. The first-order valence-electron chi connectivity index (χ1n) is 6.08. The summed E-state index contributed by atoms with van der Waals surface area (Å²) >= 11 is 0. The maximum absolute atomic E-state index is 11.4. The van der Waals surface area contributed by atoms with Gasteiger partial charge in [-0.1, -0.05) is 0 Å². The third-order valence-electron chi connectivity index (χ3n) is 2.20. The number of ether oxygens (including phenoxy) is 1. The van der Waals surface area contributed by atoms with Crippen LogP contribution in [0.25, 0.3) is 0 Å². The van der Waals surface area contributed by atoms with Crippen LogP contribution in [-0.4, -0.2) is 21.4 Å². The molecule has 17 heavy (non-hydrogen) atoms. The fourth-order valence-corrected chi connectivity index (χ4v) is 1.52. The molecule has 96 valence electrons.